The lowest BCUT2D eigenvalue weighted by atomic mass is 9.82. The van der Waals surface area contributed by atoms with Crippen LogP contribution in [0.3, 0.4) is 0 Å². The second-order valence-corrected chi connectivity index (χ2v) is 7.76. The highest BCUT2D eigenvalue weighted by Crippen LogP contribution is 2.30. The van der Waals surface area contributed by atoms with Gasteiger partial charge < -0.3 is 10.1 Å². The molecule has 1 amide bonds. The van der Waals surface area contributed by atoms with Gasteiger partial charge in [0.1, 0.15) is 0 Å². The minimum Gasteiger partial charge on any atom is -0.477 e. The van der Waals surface area contributed by atoms with Crippen LogP contribution in [0, 0.1) is 15.5 Å². The van der Waals surface area contributed by atoms with Crippen LogP contribution in [0.5, 0.6) is 5.75 Å². The van der Waals surface area contributed by atoms with Crippen molar-refractivity contribution in [2.24, 2.45) is 5.41 Å². The van der Waals surface area contributed by atoms with Crippen molar-refractivity contribution in [2.75, 3.05) is 6.61 Å². The van der Waals surface area contributed by atoms with E-state index in [1.54, 1.807) is 0 Å². The normalized spacial score (nSPS) is 11.9. The second kappa shape index (κ2) is 7.17. The topological polar surface area (TPSA) is 81.5 Å². The fourth-order valence-corrected chi connectivity index (χ4v) is 2.85. The predicted molar refractivity (Wildman–Crippen MR) is 89.9 cm³/mol. The van der Waals surface area contributed by atoms with Crippen LogP contribution < -0.4 is 10.1 Å². The van der Waals surface area contributed by atoms with E-state index in [0.717, 1.165) is 6.42 Å². The summed E-state index contributed by atoms with van der Waals surface area (Å²) in [5.41, 5.74) is -0.601. The number of hydrogen-bond donors (Lipinski definition) is 1. The number of benzene rings is 1. The van der Waals surface area contributed by atoms with Crippen LogP contribution >= 0.6 is 11.6 Å². The van der Waals surface area contributed by atoms with Crippen LogP contribution in [0.4, 0.5) is 5.69 Å². The standard InChI is InChI=1S/C16H23ClN2O4/c1-15(2,3)10-16(4,5)18-14(20)9-23-13-7-6-11(17)8-12(13)19(21)22/h6-8H,9-10H2,1-5H3,(H,18,20). The Hall–Kier alpha value is -1.82. The smallest absolute Gasteiger partial charge is 0.312 e. The Morgan fingerprint density at radius 1 is 1.30 bits per heavy atom. The van der Waals surface area contributed by atoms with Gasteiger partial charge in [-0.15, -0.1) is 0 Å². The largest absolute Gasteiger partial charge is 0.477 e. The first-order valence-electron chi connectivity index (χ1n) is 7.27. The molecule has 7 heteroatoms. The fourth-order valence-electron chi connectivity index (χ4n) is 2.68. The first-order valence-corrected chi connectivity index (χ1v) is 7.65. The van der Waals surface area contributed by atoms with Gasteiger partial charge in [-0.25, -0.2) is 0 Å². The van der Waals surface area contributed by atoms with Gasteiger partial charge in [0, 0.05) is 16.6 Å². The van der Waals surface area contributed by atoms with Gasteiger partial charge in [-0.1, -0.05) is 32.4 Å². The Labute approximate surface area is 141 Å². The number of nitrogens with one attached hydrogen (secondary N) is 1. The van der Waals surface area contributed by atoms with E-state index in [9.17, 15) is 14.9 Å². The lowest BCUT2D eigenvalue weighted by Gasteiger charge is -2.33. The number of ether oxygens (including phenoxy) is 1. The zero-order chi connectivity index (χ0) is 17.8. The fraction of sp³-hybridized carbons (Fsp3) is 0.562. The van der Waals surface area contributed by atoms with Crippen molar-refractivity contribution in [1.82, 2.24) is 5.32 Å². The van der Waals surface area contributed by atoms with E-state index in [-0.39, 0.29) is 34.4 Å². The summed E-state index contributed by atoms with van der Waals surface area (Å²) in [7, 11) is 0. The van der Waals surface area contributed by atoms with E-state index in [4.69, 9.17) is 16.3 Å². The summed E-state index contributed by atoms with van der Waals surface area (Å²) in [4.78, 5) is 22.4. The molecular weight excluding hydrogens is 320 g/mol. The SMILES string of the molecule is CC(C)(C)CC(C)(C)NC(=O)COc1ccc(Cl)cc1[N+](=O)[O-]. The zero-order valence-electron chi connectivity index (χ0n) is 14.1. The maximum absolute atomic E-state index is 12.0. The number of amides is 1. The van der Waals surface area contributed by atoms with Gasteiger partial charge in [0.2, 0.25) is 0 Å². The summed E-state index contributed by atoms with van der Waals surface area (Å²) in [5.74, 6) is -0.313. The molecule has 0 unspecified atom stereocenters. The summed E-state index contributed by atoms with van der Waals surface area (Å²) in [6, 6.07) is 4.05. The Morgan fingerprint density at radius 3 is 2.43 bits per heavy atom. The molecule has 0 aromatic heterocycles. The Balaban J connectivity index is 2.69. The molecule has 0 aliphatic rings. The maximum atomic E-state index is 12.0. The van der Waals surface area contributed by atoms with Crippen molar-refractivity contribution in [3.63, 3.8) is 0 Å². The molecule has 0 radical (unpaired) electrons. The molecule has 0 spiro atoms. The van der Waals surface area contributed by atoms with E-state index < -0.39 is 10.5 Å². The monoisotopic (exact) mass is 342 g/mol. The van der Waals surface area contributed by atoms with E-state index in [1.807, 2.05) is 13.8 Å². The van der Waals surface area contributed by atoms with Crippen molar-refractivity contribution in [2.45, 2.75) is 46.6 Å². The summed E-state index contributed by atoms with van der Waals surface area (Å²) in [6.45, 7) is 9.84. The van der Waals surface area contributed by atoms with Gasteiger partial charge >= 0.3 is 5.69 Å². The van der Waals surface area contributed by atoms with Gasteiger partial charge in [-0.3, -0.25) is 14.9 Å². The molecule has 0 fully saturated rings. The Kier molecular flexibility index (Phi) is 5.99. The average molecular weight is 343 g/mol. The number of carbonyl (C=O) groups excluding carboxylic acids is 1. The van der Waals surface area contributed by atoms with Crippen molar-refractivity contribution < 1.29 is 14.5 Å². The molecule has 1 rings (SSSR count). The number of rotatable bonds is 6. The molecule has 0 heterocycles. The third-order valence-electron chi connectivity index (χ3n) is 2.93. The highest BCUT2D eigenvalue weighted by atomic mass is 35.5. The average Bonchev–Trinajstić information content (AvgIpc) is 2.33. The molecule has 23 heavy (non-hydrogen) atoms. The number of halogens is 1. The lowest BCUT2D eigenvalue weighted by Crippen LogP contribution is -2.47. The number of carbonyl (C=O) groups is 1. The van der Waals surface area contributed by atoms with Crippen LogP contribution in [-0.2, 0) is 4.79 Å². The zero-order valence-corrected chi connectivity index (χ0v) is 14.9. The molecule has 128 valence electrons. The lowest BCUT2D eigenvalue weighted by molar-refractivity contribution is -0.385. The van der Waals surface area contributed by atoms with E-state index in [0.29, 0.717) is 0 Å². The van der Waals surface area contributed by atoms with Crippen LogP contribution in [0.1, 0.15) is 41.0 Å². The Morgan fingerprint density at radius 2 is 1.91 bits per heavy atom. The van der Waals surface area contributed by atoms with Gasteiger partial charge in [0.25, 0.3) is 5.91 Å². The molecule has 0 bridgehead atoms. The van der Waals surface area contributed by atoms with Crippen molar-refractivity contribution in [3.05, 3.63) is 33.3 Å². The molecule has 0 aliphatic heterocycles. The van der Waals surface area contributed by atoms with Crippen molar-refractivity contribution in [3.8, 4) is 5.75 Å². The number of nitro benzene ring substituents is 1. The van der Waals surface area contributed by atoms with Crippen LogP contribution in [0.15, 0.2) is 18.2 Å². The molecule has 0 aliphatic carbocycles. The van der Waals surface area contributed by atoms with Crippen LogP contribution in [-0.4, -0.2) is 23.0 Å². The summed E-state index contributed by atoms with van der Waals surface area (Å²) >= 11 is 5.73. The third kappa shape index (κ3) is 6.86. The molecule has 6 nitrogen and oxygen atoms in total. The van der Waals surface area contributed by atoms with Crippen LogP contribution in [0.25, 0.3) is 0 Å². The molecule has 0 atom stereocenters. The quantitative estimate of drug-likeness (QED) is 0.626. The van der Waals surface area contributed by atoms with Gasteiger partial charge in [-0.05, 0) is 37.8 Å². The minimum atomic E-state index is -0.595. The first kappa shape index (κ1) is 19.2. The van der Waals surface area contributed by atoms with Gasteiger partial charge in [0.05, 0.1) is 4.92 Å². The maximum Gasteiger partial charge on any atom is 0.312 e. The number of hydrogen-bond acceptors (Lipinski definition) is 4. The highest BCUT2D eigenvalue weighted by Gasteiger charge is 2.27. The highest BCUT2D eigenvalue weighted by molar-refractivity contribution is 6.30. The van der Waals surface area contributed by atoms with E-state index in [1.165, 1.54) is 18.2 Å². The summed E-state index contributed by atoms with van der Waals surface area (Å²) in [6.07, 6.45) is 0.785. The van der Waals surface area contributed by atoms with Gasteiger partial charge in [0.15, 0.2) is 12.4 Å². The molecule has 0 saturated carbocycles. The number of nitro groups is 1. The molecule has 0 saturated heterocycles. The second-order valence-electron chi connectivity index (χ2n) is 7.33. The van der Waals surface area contributed by atoms with Crippen molar-refractivity contribution >= 4 is 23.2 Å². The van der Waals surface area contributed by atoms with E-state index >= 15 is 0 Å². The molecular formula is C16H23ClN2O4. The molecule has 1 aromatic carbocycles. The van der Waals surface area contributed by atoms with Gasteiger partial charge in [-0.2, -0.15) is 0 Å². The van der Waals surface area contributed by atoms with E-state index in [2.05, 4.69) is 26.1 Å². The summed E-state index contributed by atoms with van der Waals surface area (Å²) < 4.78 is 5.28. The third-order valence-corrected chi connectivity index (χ3v) is 3.16. The molecule has 1 N–H and O–H groups in total. The first-order chi connectivity index (χ1) is 10.4. The predicted octanol–water partition coefficient (Wildman–Crippen LogP) is 3.96. The van der Waals surface area contributed by atoms with Crippen LogP contribution in [0.2, 0.25) is 5.02 Å². The Bertz CT molecular complexity index is 594. The van der Waals surface area contributed by atoms with Crippen molar-refractivity contribution in [1.29, 1.82) is 0 Å². The summed E-state index contributed by atoms with van der Waals surface area (Å²) in [5, 5.41) is 14.1. The number of nitrogens with zero attached hydrogens (tertiary/aromatic N) is 1. The minimum absolute atomic E-state index is 0.0168. The molecule has 1 aromatic rings.